The number of hydrogen-bond acceptors (Lipinski definition) is 6. The van der Waals surface area contributed by atoms with Crippen LogP contribution in [0.3, 0.4) is 0 Å². The second kappa shape index (κ2) is 27.9. The number of hydrogen-bond donors (Lipinski definition) is 2. The summed E-state index contributed by atoms with van der Waals surface area (Å²) < 4.78 is 5.94. The van der Waals surface area contributed by atoms with Gasteiger partial charge in [-0.05, 0) is 107 Å². The summed E-state index contributed by atoms with van der Waals surface area (Å²) >= 11 is 5.92. The van der Waals surface area contributed by atoms with Crippen molar-refractivity contribution in [2.75, 3.05) is 24.6 Å². The summed E-state index contributed by atoms with van der Waals surface area (Å²) in [6.07, 6.45) is 33.1. The van der Waals surface area contributed by atoms with Crippen molar-refractivity contribution in [2.45, 2.75) is 77.7 Å². The number of ketones is 1. The van der Waals surface area contributed by atoms with Gasteiger partial charge in [-0.1, -0.05) is 113 Å². The predicted molar refractivity (Wildman–Crippen MR) is 224 cm³/mol. The highest BCUT2D eigenvalue weighted by Crippen LogP contribution is 2.22. The highest BCUT2D eigenvalue weighted by molar-refractivity contribution is 8.76. The number of ether oxygens (including phenoxy) is 1. The minimum Gasteiger partial charge on any atom is -0.478 e. The van der Waals surface area contributed by atoms with E-state index in [9.17, 15) is 14.4 Å². The minimum atomic E-state index is -1.09. The summed E-state index contributed by atoms with van der Waals surface area (Å²) in [5, 5.41) is 6.46. The van der Waals surface area contributed by atoms with E-state index in [-0.39, 0.29) is 17.6 Å². The van der Waals surface area contributed by atoms with Gasteiger partial charge < -0.3 is 15.4 Å². The van der Waals surface area contributed by atoms with Crippen LogP contribution in [-0.2, 0) is 9.59 Å². The summed E-state index contributed by atoms with van der Waals surface area (Å²) in [4.78, 5) is 37.6. The fraction of sp³-hybridized carbons (Fsp3) is 0.372. The predicted octanol–water partition coefficient (Wildman–Crippen LogP) is 10.8. The Kier molecular flexibility index (Phi) is 23.8. The lowest BCUT2D eigenvalue weighted by Gasteiger charge is -2.25. The number of carbonyl (C=O) groups excluding carboxylic acids is 3. The van der Waals surface area contributed by atoms with Crippen molar-refractivity contribution in [3.63, 3.8) is 0 Å². The molecule has 9 heteroatoms. The number of allylic oxidation sites excluding steroid dienone is 12. The van der Waals surface area contributed by atoms with Gasteiger partial charge in [0.05, 0.1) is 0 Å². The number of amides is 2. The SMILES string of the molecule is CCC=CCC=CCC=CCC=CCC=CCC=CCCC(=O)NCCSSCCNC(=O)C(C)(C)Oc1ccc(C(=O)c2ccc(Cl)cc2)cc1. The third kappa shape index (κ3) is 21.0. The molecule has 52 heavy (non-hydrogen) atoms. The van der Waals surface area contributed by atoms with Gasteiger partial charge in [-0.25, -0.2) is 0 Å². The van der Waals surface area contributed by atoms with E-state index in [0.717, 1.165) is 56.5 Å². The lowest BCUT2D eigenvalue weighted by Crippen LogP contribution is -2.47. The van der Waals surface area contributed by atoms with E-state index in [4.69, 9.17) is 16.3 Å². The van der Waals surface area contributed by atoms with Gasteiger partial charge in [-0.15, -0.1) is 0 Å². The maximum atomic E-state index is 12.8. The van der Waals surface area contributed by atoms with Crippen molar-refractivity contribution in [2.24, 2.45) is 0 Å². The fourth-order valence-electron chi connectivity index (χ4n) is 4.49. The zero-order chi connectivity index (χ0) is 37.7. The van der Waals surface area contributed by atoms with Crippen LogP contribution in [0.4, 0.5) is 0 Å². The van der Waals surface area contributed by atoms with Gasteiger partial charge in [-0.2, -0.15) is 0 Å². The molecule has 0 unspecified atom stereocenters. The van der Waals surface area contributed by atoms with Gasteiger partial charge in [0.25, 0.3) is 5.91 Å². The second-order valence-electron chi connectivity index (χ2n) is 12.2. The second-order valence-corrected chi connectivity index (χ2v) is 15.3. The zero-order valence-corrected chi connectivity index (χ0v) is 33.2. The van der Waals surface area contributed by atoms with Crippen molar-refractivity contribution < 1.29 is 19.1 Å². The Morgan fingerprint density at radius 2 is 1.10 bits per heavy atom. The number of halogens is 1. The van der Waals surface area contributed by atoms with Crippen LogP contribution >= 0.6 is 33.2 Å². The van der Waals surface area contributed by atoms with Gasteiger partial charge in [-0.3, -0.25) is 14.4 Å². The molecule has 0 radical (unpaired) electrons. The van der Waals surface area contributed by atoms with Crippen LogP contribution in [0.5, 0.6) is 5.75 Å². The number of benzene rings is 2. The zero-order valence-electron chi connectivity index (χ0n) is 30.9. The Morgan fingerprint density at radius 3 is 1.60 bits per heavy atom. The molecule has 2 N–H and O–H groups in total. The fourth-order valence-corrected chi connectivity index (χ4v) is 6.43. The lowest BCUT2D eigenvalue weighted by molar-refractivity contribution is -0.134. The molecule has 0 aliphatic carbocycles. The highest BCUT2D eigenvalue weighted by Gasteiger charge is 2.29. The van der Waals surface area contributed by atoms with E-state index in [0.29, 0.717) is 41.4 Å². The van der Waals surface area contributed by atoms with Crippen molar-refractivity contribution >= 4 is 50.8 Å². The van der Waals surface area contributed by atoms with Crippen LogP contribution in [0.15, 0.2) is 121 Å². The Labute approximate surface area is 324 Å². The first-order valence-electron chi connectivity index (χ1n) is 18.0. The van der Waals surface area contributed by atoms with E-state index in [1.165, 1.54) is 0 Å². The van der Waals surface area contributed by atoms with Crippen molar-refractivity contribution in [3.05, 3.63) is 138 Å². The Morgan fingerprint density at radius 1 is 0.654 bits per heavy atom. The van der Waals surface area contributed by atoms with Crippen molar-refractivity contribution in [1.82, 2.24) is 10.6 Å². The first-order valence-corrected chi connectivity index (χ1v) is 20.9. The molecule has 2 aromatic rings. The summed E-state index contributed by atoms with van der Waals surface area (Å²) in [6, 6.07) is 13.5. The smallest absolute Gasteiger partial charge is 0.263 e. The molecule has 2 aromatic carbocycles. The van der Waals surface area contributed by atoms with Gasteiger partial charge in [0, 0.05) is 47.2 Å². The quantitative estimate of drug-likeness (QED) is 0.0430. The maximum absolute atomic E-state index is 12.8. The molecule has 2 amide bonds. The monoisotopic (exact) mass is 762 g/mol. The molecule has 0 heterocycles. The summed E-state index contributed by atoms with van der Waals surface area (Å²) in [5.41, 5.74) is -0.0209. The molecule has 0 atom stereocenters. The summed E-state index contributed by atoms with van der Waals surface area (Å²) in [6.45, 7) is 6.67. The third-order valence-corrected chi connectivity index (χ3v) is 10.00. The summed E-state index contributed by atoms with van der Waals surface area (Å²) in [7, 11) is 3.31. The molecule has 0 aliphatic rings. The van der Waals surface area contributed by atoms with E-state index < -0.39 is 5.60 Å². The Bertz CT molecular complexity index is 1510. The van der Waals surface area contributed by atoms with E-state index >= 15 is 0 Å². The molecule has 2 rings (SSSR count). The molecular formula is C43H55ClN2O4S2. The molecular weight excluding hydrogens is 708 g/mol. The summed E-state index contributed by atoms with van der Waals surface area (Å²) in [5.74, 6) is 1.73. The first-order chi connectivity index (χ1) is 25.2. The minimum absolute atomic E-state index is 0.0578. The molecule has 0 fully saturated rings. The van der Waals surface area contributed by atoms with Crippen LogP contribution in [0.25, 0.3) is 0 Å². The average molecular weight is 764 g/mol. The number of nitrogens with one attached hydrogen (secondary N) is 2. The van der Waals surface area contributed by atoms with E-state index in [1.807, 2.05) is 0 Å². The van der Waals surface area contributed by atoms with Crippen LogP contribution < -0.4 is 15.4 Å². The van der Waals surface area contributed by atoms with Crippen LogP contribution in [0, 0.1) is 0 Å². The maximum Gasteiger partial charge on any atom is 0.263 e. The number of carbonyl (C=O) groups is 3. The van der Waals surface area contributed by atoms with E-state index in [2.05, 4.69) is 90.5 Å². The van der Waals surface area contributed by atoms with Gasteiger partial charge in [0.1, 0.15) is 5.75 Å². The van der Waals surface area contributed by atoms with Crippen LogP contribution in [-0.4, -0.2) is 47.8 Å². The molecule has 6 nitrogen and oxygen atoms in total. The topological polar surface area (TPSA) is 84.5 Å². The van der Waals surface area contributed by atoms with Crippen LogP contribution in [0.1, 0.15) is 88.1 Å². The van der Waals surface area contributed by atoms with Crippen molar-refractivity contribution in [3.8, 4) is 5.75 Å². The molecule has 0 aromatic heterocycles. The highest BCUT2D eigenvalue weighted by atomic mass is 35.5. The average Bonchev–Trinajstić information content (AvgIpc) is 3.13. The number of rotatable bonds is 26. The molecule has 0 saturated carbocycles. The largest absolute Gasteiger partial charge is 0.478 e. The Hall–Kier alpha value is -3.72. The molecule has 0 spiro atoms. The third-order valence-electron chi connectivity index (χ3n) is 7.34. The van der Waals surface area contributed by atoms with Crippen molar-refractivity contribution in [1.29, 1.82) is 0 Å². The molecule has 280 valence electrons. The normalized spacial score (nSPS) is 12.3. The van der Waals surface area contributed by atoms with E-state index in [1.54, 1.807) is 84.0 Å². The molecule has 0 bridgehead atoms. The first kappa shape index (κ1) is 44.4. The van der Waals surface area contributed by atoms with Crippen LogP contribution in [0.2, 0.25) is 5.02 Å². The standard InChI is InChI=1S/C43H55ClN2O4S2/c1-4-5-6-7-8-9-10-11-12-13-14-15-16-17-18-19-20-21-22-23-40(47)45-32-34-51-52-35-33-46-42(49)43(2,3)50-39-30-26-37(27-31-39)41(48)36-24-28-38(44)29-25-36/h5-6,8-9,11-12,14-15,17-18,20-21,24-31H,4,7,10,13,16,19,22-23,32-35H2,1-3H3,(H,45,47)(H,46,49). The lowest BCUT2D eigenvalue weighted by atomic mass is 10.0. The van der Waals surface area contributed by atoms with Gasteiger partial charge >= 0.3 is 0 Å². The van der Waals surface area contributed by atoms with Gasteiger partial charge in [0.15, 0.2) is 11.4 Å². The molecule has 0 saturated heterocycles. The van der Waals surface area contributed by atoms with Gasteiger partial charge in [0.2, 0.25) is 5.91 Å². The molecule has 0 aliphatic heterocycles. The Balaban J connectivity index is 1.45.